The summed E-state index contributed by atoms with van der Waals surface area (Å²) in [6, 6.07) is 43.0. The van der Waals surface area contributed by atoms with Gasteiger partial charge in [0.05, 0.1) is 30.5 Å². The highest BCUT2D eigenvalue weighted by molar-refractivity contribution is 7.81. The lowest BCUT2D eigenvalue weighted by Gasteiger charge is -2.28. The topological polar surface area (TPSA) is 46.2 Å². The van der Waals surface area contributed by atoms with Crippen LogP contribution in [0, 0.1) is 29.6 Å². The van der Waals surface area contributed by atoms with Crippen LogP contribution in [0.3, 0.4) is 0 Å². The molecule has 570 valence electrons. The number of hydrogen-bond acceptors (Lipinski definition) is 10. The fourth-order valence-electron chi connectivity index (χ4n) is 14.5. The summed E-state index contributed by atoms with van der Waals surface area (Å²) in [5.74, 6) is 4.50. The fourth-order valence-corrected chi connectivity index (χ4v) is 15.3. The van der Waals surface area contributed by atoms with E-state index in [0.717, 1.165) is 119 Å². The first kappa shape index (κ1) is 95.3. The van der Waals surface area contributed by atoms with Gasteiger partial charge in [-0.2, -0.15) is 0 Å². The zero-order chi connectivity index (χ0) is 67.5. The molecule has 5 fully saturated rings. The molecule has 10 rings (SSSR count). The Labute approximate surface area is 632 Å². The van der Waals surface area contributed by atoms with Crippen LogP contribution in [0.2, 0.25) is 0 Å². The number of thiol groups is 5. The predicted molar refractivity (Wildman–Crippen MR) is 433 cm³/mol. The second-order valence-electron chi connectivity index (χ2n) is 28.6. The first-order valence-electron chi connectivity index (χ1n) is 38.4. The molecule has 5 aliphatic rings. The Kier molecular flexibility index (Phi) is 55.7. The molecule has 0 heterocycles. The third-order valence-corrected chi connectivity index (χ3v) is 22.1. The third-order valence-electron chi connectivity index (χ3n) is 20.6. The second-order valence-corrected chi connectivity index (χ2v) is 31.2. The van der Waals surface area contributed by atoms with Crippen LogP contribution in [0.25, 0.3) is 0 Å². The van der Waals surface area contributed by atoms with Crippen LogP contribution in [0.1, 0.15) is 255 Å². The zero-order valence-electron chi connectivity index (χ0n) is 61.9. The van der Waals surface area contributed by atoms with Gasteiger partial charge in [-0.3, -0.25) is 23.5 Å². The van der Waals surface area contributed by atoms with Crippen molar-refractivity contribution in [1.82, 2.24) is 0 Å². The van der Waals surface area contributed by atoms with E-state index in [4.69, 9.17) is 23.7 Å². The highest BCUT2D eigenvalue weighted by atomic mass is 32.1. The van der Waals surface area contributed by atoms with Gasteiger partial charge in [0.25, 0.3) is 0 Å². The van der Waals surface area contributed by atoms with E-state index in [1.165, 1.54) is 220 Å². The summed E-state index contributed by atoms with van der Waals surface area (Å²) in [6.07, 6.45) is 47.2. The van der Waals surface area contributed by atoms with Gasteiger partial charge >= 0.3 is 0 Å². The SMILES string of the molecule is CCCOC1CCC(CCc2ccc(S)cc2)CC1.CCCOC1CCC(CCc2ccc(S)cc2)CC1.CCCOC1CCC(CCc2ccc(S)cc2)CC1.CCCOC1CCC(CCc2ccc(S)cc2)CC1.CCCOC1CCC(CCc2ccc(S)cc2)CC1.F.F.F.F.F. The van der Waals surface area contributed by atoms with Gasteiger partial charge in [0.15, 0.2) is 0 Å². The smallest absolute Gasteiger partial charge is 0.0575 e. The summed E-state index contributed by atoms with van der Waals surface area (Å²) in [5, 5.41) is 0. The van der Waals surface area contributed by atoms with Gasteiger partial charge in [-0.1, -0.05) is 95.3 Å². The normalized spacial score (nSPS) is 22.3. The number of hydrogen-bond donors (Lipinski definition) is 5. The quantitative estimate of drug-likeness (QED) is 0.0234. The summed E-state index contributed by atoms with van der Waals surface area (Å²) in [7, 11) is 0. The van der Waals surface area contributed by atoms with Crippen LogP contribution < -0.4 is 0 Å². The molecule has 0 unspecified atom stereocenters. The molecule has 0 aromatic heterocycles. The van der Waals surface area contributed by atoms with Crippen molar-refractivity contribution in [3.8, 4) is 0 Å². The van der Waals surface area contributed by atoms with Crippen LogP contribution in [0.15, 0.2) is 146 Å². The summed E-state index contributed by atoms with van der Waals surface area (Å²) in [5.41, 5.74) is 7.23. The number of benzene rings is 5. The first-order valence-corrected chi connectivity index (χ1v) is 40.6. The lowest BCUT2D eigenvalue weighted by atomic mass is 9.84. The van der Waals surface area contributed by atoms with E-state index in [-0.39, 0.29) is 23.5 Å². The standard InChI is InChI=1S/5C17H26OS.5FH/c5*1-2-13-18-16-9-5-14(6-10-16)3-4-15-7-11-17(19)12-8-15;;;;;/h5*7-8,11-12,14,16,19H,2-6,9-10,13H2,1H3;5*1H. The van der Waals surface area contributed by atoms with Gasteiger partial charge in [0.1, 0.15) is 0 Å². The highest BCUT2D eigenvalue weighted by Crippen LogP contribution is 2.35. The number of rotatable bonds is 30. The van der Waals surface area contributed by atoms with Gasteiger partial charge < -0.3 is 23.7 Å². The molecule has 0 spiro atoms. The molecule has 0 amide bonds. The van der Waals surface area contributed by atoms with Gasteiger partial charge in [-0.15, -0.1) is 63.1 Å². The van der Waals surface area contributed by atoms with E-state index in [9.17, 15) is 0 Å². The molecular formula is C85H135F5O5S5. The largest absolute Gasteiger partial charge is 0.378 e. The Bertz CT molecular complexity index is 2220. The van der Waals surface area contributed by atoms with Gasteiger partial charge in [0.2, 0.25) is 0 Å². The van der Waals surface area contributed by atoms with E-state index in [2.05, 4.69) is 219 Å². The van der Waals surface area contributed by atoms with Crippen molar-refractivity contribution in [2.75, 3.05) is 33.0 Å². The number of ether oxygens (including phenoxy) is 5. The number of halogens is 5. The second kappa shape index (κ2) is 58.5. The summed E-state index contributed by atoms with van der Waals surface area (Å²) in [4.78, 5) is 5.27. The van der Waals surface area contributed by atoms with E-state index >= 15 is 0 Å². The van der Waals surface area contributed by atoms with Crippen LogP contribution in [-0.4, -0.2) is 63.6 Å². The minimum atomic E-state index is 0. The van der Waals surface area contributed by atoms with Crippen molar-refractivity contribution < 1.29 is 47.2 Å². The van der Waals surface area contributed by atoms with Crippen molar-refractivity contribution >= 4 is 63.1 Å². The molecule has 5 nitrogen and oxygen atoms in total. The van der Waals surface area contributed by atoms with Crippen molar-refractivity contribution in [2.45, 2.75) is 314 Å². The minimum Gasteiger partial charge on any atom is -0.378 e. The molecule has 0 saturated heterocycles. The molecule has 5 aliphatic carbocycles. The molecule has 5 aromatic rings. The molecule has 5 saturated carbocycles. The Morgan fingerprint density at radius 3 is 0.470 bits per heavy atom. The fraction of sp³-hybridized carbons (Fsp3) is 0.647. The molecule has 0 bridgehead atoms. The highest BCUT2D eigenvalue weighted by Gasteiger charge is 2.26. The Morgan fingerprint density at radius 1 is 0.220 bits per heavy atom. The first-order chi connectivity index (χ1) is 46.4. The predicted octanol–water partition coefficient (Wildman–Crippen LogP) is 25.2. The van der Waals surface area contributed by atoms with Gasteiger partial charge in [0, 0.05) is 57.5 Å². The molecule has 15 heteroatoms. The molecule has 0 atom stereocenters. The Balaban J connectivity index is 0.000000617. The van der Waals surface area contributed by atoms with Crippen LogP contribution in [0.4, 0.5) is 23.5 Å². The van der Waals surface area contributed by atoms with Crippen molar-refractivity contribution in [2.24, 2.45) is 29.6 Å². The van der Waals surface area contributed by atoms with Crippen molar-refractivity contribution in [3.05, 3.63) is 149 Å². The lowest BCUT2D eigenvalue weighted by Crippen LogP contribution is -2.22. The van der Waals surface area contributed by atoms with Crippen LogP contribution in [0.5, 0.6) is 0 Å². The minimum absolute atomic E-state index is 0. The van der Waals surface area contributed by atoms with E-state index in [0.29, 0.717) is 30.5 Å². The summed E-state index contributed by atoms with van der Waals surface area (Å²) in [6.45, 7) is 15.6. The van der Waals surface area contributed by atoms with Crippen LogP contribution in [-0.2, 0) is 55.8 Å². The average Bonchev–Trinajstić information content (AvgIpc) is 1.06. The Morgan fingerprint density at radius 2 is 0.350 bits per heavy atom. The van der Waals surface area contributed by atoms with Gasteiger partial charge in [-0.25, -0.2) is 0 Å². The number of aryl methyl sites for hydroxylation is 5. The molecule has 0 radical (unpaired) electrons. The average molecular weight is 1490 g/mol. The maximum Gasteiger partial charge on any atom is 0.0575 e. The lowest BCUT2D eigenvalue weighted by molar-refractivity contribution is 0.0176. The van der Waals surface area contributed by atoms with E-state index in [1.54, 1.807) is 0 Å². The molecule has 0 aliphatic heterocycles. The van der Waals surface area contributed by atoms with Crippen LogP contribution >= 0.6 is 63.1 Å². The summed E-state index contributed by atoms with van der Waals surface area (Å²) >= 11 is 21.6. The third kappa shape index (κ3) is 41.9. The van der Waals surface area contributed by atoms with E-state index < -0.39 is 0 Å². The molecule has 100 heavy (non-hydrogen) atoms. The van der Waals surface area contributed by atoms with Gasteiger partial charge in [-0.05, 0) is 343 Å². The maximum absolute atomic E-state index is 5.85. The monoisotopic (exact) mass is 1490 g/mol. The van der Waals surface area contributed by atoms with Crippen molar-refractivity contribution in [1.29, 1.82) is 0 Å². The zero-order valence-corrected chi connectivity index (χ0v) is 66.4. The molecular weight excluding hydrogens is 1360 g/mol. The van der Waals surface area contributed by atoms with E-state index in [1.807, 2.05) is 0 Å². The Hall–Kier alpha value is -2.70. The molecule has 0 N–H and O–H groups in total. The molecule has 5 aromatic carbocycles. The maximum atomic E-state index is 5.85. The van der Waals surface area contributed by atoms with Crippen molar-refractivity contribution in [3.63, 3.8) is 0 Å². The summed E-state index contributed by atoms with van der Waals surface area (Å²) < 4.78 is 29.2.